The molecule has 0 atom stereocenters. The van der Waals surface area contributed by atoms with Gasteiger partial charge in [0.2, 0.25) is 0 Å². The van der Waals surface area contributed by atoms with Crippen LogP contribution in [-0.2, 0) is 13.6 Å². The molecule has 0 fully saturated rings. The van der Waals surface area contributed by atoms with Gasteiger partial charge in [0.25, 0.3) is 5.91 Å². The number of aromatic nitrogens is 1. The van der Waals surface area contributed by atoms with E-state index in [1.807, 2.05) is 19.1 Å². The number of hydrogen-bond acceptors (Lipinski definition) is 3. The molecular weight excluding hydrogens is 234 g/mol. The first-order valence-electron chi connectivity index (χ1n) is 5.31. The van der Waals surface area contributed by atoms with Crippen LogP contribution in [0.15, 0.2) is 24.4 Å². The highest BCUT2D eigenvalue weighted by Gasteiger charge is 2.10. The highest BCUT2D eigenvalue weighted by atomic mass is 32.1. The van der Waals surface area contributed by atoms with Crippen molar-refractivity contribution >= 4 is 22.9 Å². The molecule has 3 N–H and O–H groups in total. The van der Waals surface area contributed by atoms with Gasteiger partial charge < -0.3 is 15.6 Å². The van der Waals surface area contributed by atoms with Crippen LogP contribution in [0.5, 0.6) is 0 Å². The fourth-order valence-corrected chi connectivity index (χ4v) is 2.48. The molecule has 0 bridgehead atoms. The van der Waals surface area contributed by atoms with Crippen LogP contribution in [0.1, 0.15) is 20.2 Å². The Kier molecular flexibility index (Phi) is 3.19. The number of nitrogens with two attached hydrogens (primary N) is 1. The van der Waals surface area contributed by atoms with Crippen LogP contribution < -0.4 is 11.1 Å². The van der Waals surface area contributed by atoms with E-state index >= 15 is 0 Å². The summed E-state index contributed by atoms with van der Waals surface area (Å²) in [7, 11) is 1.81. The Hall–Kier alpha value is -1.75. The van der Waals surface area contributed by atoms with E-state index in [9.17, 15) is 4.79 Å². The monoisotopic (exact) mass is 249 g/mol. The Balaban J connectivity index is 2.00. The molecule has 0 aliphatic carbocycles. The summed E-state index contributed by atoms with van der Waals surface area (Å²) in [5, 5.41) is 2.88. The zero-order valence-electron chi connectivity index (χ0n) is 9.86. The van der Waals surface area contributed by atoms with Crippen LogP contribution in [0.3, 0.4) is 0 Å². The molecule has 2 rings (SSSR count). The third kappa shape index (κ3) is 2.68. The Morgan fingerprint density at radius 1 is 1.53 bits per heavy atom. The second-order valence-corrected chi connectivity index (χ2v) is 5.34. The lowest BCUT2D eigenvalue weighted by Crippen LogP contribution is -2.24. The number of carbonyl (C=O) groups is 1. The van der Waals surface area contributed by atoms with Crippen LogP contribution in [0.4, 0.5) is 5.69 Å². The number of carbonyl (C=O) groups excluding carboxylic acids is 1. The maximum atomic E-state index is 11.9. The minimum absolute atomic E-state index is 0.102. The van der Waals surface area contributed by atoms with Crippen LogP contribution >= 0.6 is 11.3 Å². The quantitative estimate of drug-likeness (QED) is 0.873. The number of nitrogen functional groups attached to an aromatic ring is 1. The van der Waals surface area contributed by atoms with E-state index in [1.165, 1.54) is 4.88 Å². The summed E-state index contributed by atoms with van der Waals surface area (Å²) in [4.78, 5) is 14.3. The van der Waals surface area contributed by atoms with Crippen molar-refractivity contribution in [2.24, 2.45) is 7.05 Å². The first kappa shape index (κ1) is 11.7. The van der Waals surface area contributed by atoms with Gasteiger partial charge in [0.1, 0.15) is 5.69 Å². The Morgan fingerprint density at radius 3 is 2.82 bits per heavy atom. The molecule has 0 aromatic carbocycles. The molecule has 17 heavy (non-hydrogen) atoms. The summed E-state index contributed by atoms with van der Waals surface area (Å²) < 4.78 is 1.73. The summed E-state index contributed by atoms with van der Waals surface area (Å²) in [6.07, 6.45) is 1.73. The zero-order chi connectivity index (χ0) is 12.4. The van der Waals surface area contributed by atoms with Gasteiger partial charge in [0.05, 0.1) is 12.2 Å². The van der Waals surface area contributed by atoms with Crippen molar-refractivity contribution in [3.63, 3.8) is 0 Å². The van der Waals surface area contributed by atoms with Crippen LogP contribution in [0, 0.1) is 6.92 Å². The third-order valence-corrected chi connectivity index (χ3v) is 3.48. The number of hydrogen-bond donors (Lipinski definition) is 2. The molecule has 5 heteroatoms. The first-order chi connectivity index (χ1) is 8.06. The standard InChI is InChI=1S/C12H15N3OS/c1-8-3-4-10(17-8)6-14-12(16)11-5-9(13)7-15(11)2/h3-5,7H,6,13H2,1-2H3,(H,14,16). The number of nitrogens with zero attached hydrogens (tertiary/aromatic N) is 1. The maximum absolute atomic E-state index is 11.9. The first-order valence-corrected chi connectivity index (χ1v) is 6.13. The van der Waals surface area contributed by atoms with Crippen LogP contribution in [0.25, 0.3) is 0 Å². The summed E-state index contributed by atoms with van der Waals surface area (Å²) in [6.45, 7) is 2.61. The van der Waals surface area contributed by atoms with E-state index in [1.54, 1.807) is 35.2 Å². The smallest absolute Gasteiger partial charge is 0.268 e. The van der Waals surface area contributed by atoms with Gasteiger partial charge in [-0.05, 0) is 25.1 Å². The molecule has 90 valence electrons. The molecule has 0 radical (unpaired) electrons. The summed E-state index contributed by atoms with van der Waals surface area (Å²) in [6, 6.07) is 5.75. The van der Waals surface area contributed by atoms with Crippen molar-refractivity contribution in [2.45, 2.75) is 13.5 Å². The van der Waals surface area contributed by atoms with Gasteiger partial charge in [-0.25, -0.2) is 0 Å². The van der Waals surface area contributed by atoms with Crippen molar-refractivity contribution in [1.29, 1.82) is 0 Å². The van der Waals surface area contributed by atoms with Gasteiger partial charge in [-0.1, -0.05) is 0 Å². The highest BCUT2D eigenvalue weighted by molar-refractivity contribution is 7.11. The zero-order valence-corrected chi connectivity index (χ0v) is 10.7. The summed E-state index contributed by atoms with van der Waals surface area (Å²) >= 11 is 1.69. The number of thiophene rings is 1. The van der Waals surface area contributed by atoms with Gasteiger partial charge >= 0.3 is 0 Å². The molecule has 0 saturated heterocycles. The van der Waals surface area contributed by atoms with E-state index in [0.29, 0.717) is 17.9 Å². The Morgan fingerprint density at radius 2 is 2.29 bits per heavy atom. The number of nitrogens with one attached hydrogen (secondary N) is 1. The van der Waals surface area contributed by atoms with Gasteiger partial charge in [0, 0.05) is 23.0 Å². The van der Waals surface area contributed by atoms with Crippen LogP contribution in [-0.4, -0.2) is 10.5 Å². The average molecular weight is 249 g/mol. The fraction of sp³-hybridized carbons (Fsp3) is 0.250. The van der Waals surface area contributed by atoms with Crippen molar-refractivity contribution < 1.29 is 4.79 Å². The summed E-state index contributed by atoms with van der Waals surface area (Å²) in [5.74, 6) is -0.102. The van der Waals surface area contributed by atoms with E-state index in [4.69, 9.17) is 5.73 Å². The molecule has 0 aliphatic heterocycles. The largest absolute Gasteiger partial charge is 0.397 e. The lowest BCUT2D eigenvalue weighted by Gasteiger charge is -2.04. The van der Waals surface area contributed by atoms with Crippen molar-refractivity contribution in [1.82, 2.24) is 9.88 Å². The number of amides is 1. The summed E-state index contributed by atoms with van der Waals surface area (Å²) in [5.41, 5.74) is 6.81. The third-order valence-electron chi connectivity index (χ3n) is 2.48. The average Bonchev–Trinajstić information content (AvgIpc) is 2.81. The molecule has 4 nitrogen and oxygen atoms in total. The molecule has 1 amide bonds. The second kappa shape index (κ2) is 4.63. The molecular formula is C12H15N3OS. The molecule has 2 aromatic heterocycles. The molecule has 0 saturated carbocycles. The normalized spacial score (nSPS) is 10.5. The minimum atomic E-state index is -0.102. The lowest BCUT2D eigenvalue weighted by molar-refractivity contribution is 0.0943. The van der Waals surface area contributed by atoms with Crippen molar-refractivity contribution in [2.75, 3.05) is 5.73 Å². The number of rotatable bonds is 3. The van der Waals surface area contributed by atoms with Crippen LogP contribution in [0.2, 0.25) is 0 Å². The highest BCUT2D eigenvalue weighted by Crippen LogP contribution is 2.15. The fourth-order valence-electron chi connectivity index (χ4n) is 1.65. The molecule has 2 aromatic rings. The van der Waals surface area contributed by atoms with Gasteiger partial charge in [-0.2, -0.15) is 0 Å². The predicted octanol–water partition coefficient (Wildman–Crippen LogP) is 1.91. The minimum Gasteiger partial charge on any atom is -0.397 e. The van der Waals surface area contributed by atoms with E-state index in [0.717, 1.165) is 4.88 Å². The van der Waals surface area contributed by atoms with E-state index in [-0.39, 0.29) is 5.91 Å². The predicted molar refractivity (Wildman–Crippen MR) is 70.1 cm³/mol. The topological polar surface area (TPSA) is 60.1 Å². The molecule has 0 unspecified atom stereocenters. The van der Waals surface area contributed by atoms with Gasteiger partial charge in [-0.3, -0.25) is 4.79 Å². The number of aryl methyl sites for hydroxylation is 2. The van der Waals surface area contributed by atoms with E-state index in [2.05, 4.69) is 5.32 Å². The second-order valence-electron chi connectivity index (χ2n) is 3.96. The molecule has 0 spiro atoms. The van der Waals surface area contributed by atoms with E-state index < -0.39 is 0 Å². The Labute approximate surface area is 104 Å². The molecule has 0 aliphatic rings. The SMILES string of the molecule is Cc1ccc(CNC(=O)c2cc(N)cn2C)s1. The maximum Gasteiger partial charge on any atom is 0.268 e. The molecule has 2 heterocycles. The van der Waals surface area contributed by atoms with Gasteiger partial charge in [-0.15, -0.1) is 11.3 Å². The van der Waals surface area contributed by atoms with Crippen molar-refractivity contribution in [3.05, 3.63) is 39.8 Å². The number of anilines is 1. The lowest BCUT2D eigenvalue weighted by atomic mass is 10.3. The van der Waals surface area contributed by atoms with Gasteiger partial charge in [0.15, 0.2) is 0 Å². The Bertz CT molecular complexity index is 542. The van der Waals surface area contributed by atoms with Crippen molar-refractivity contribution in [3.8, 4) is 0 Å².